The largest absolute Gasteiger partial charge is 0.352 e. The molecule has 0 aliphatic carbocycles. The summed E-state index contributed by atoms with van der Waals surface area (Å²) in [5, 5.41) is 8.98. The van der Waals surface area contributed by atoms with Crippen molar-refractivity contribution >= 4 is 46.2 Å². The Hall–Kier alpha value is -0.870. The maximum atomic E-state index is 4.59. The van der Waals surface area contributed by atoms with Crippen LogP contribution in [0.1, 0.15) is 26.5 Å². The average molecular weight is 462 g/mol. The molecule has 1 aliphatic rings. The Bertz CT molecular complexity index is 650. The van der Waals surface area contributed by atoms with E-state index in [0.29, 0.717) is 24.5 Å². The highest BCUT2D eigenvalue weighted by Gasteiger charge is 2.31. The molecule has 2 aromatic rings. The molecule has 0 spiro atoms. The monoisotopic (exact) mass is 462 g/mol. The van der Waals surface area contributed by atoms with Gasteiger partial charge in [-0.1, -0.05) is 6.92 Å². The second-order valence-electron chi connectivity index (χ2n) is 6.53. The summed E-state index contributed by atoms with van der Waals surface area (Å²) in [7, 11) is 1.82. The van der Waals surface area contributed by atoms with E-state index in [1.54, 1.807) is 11.3 Å². The molecule has 6 nitrogen and oxygen atoms in total. The minimum Gasteiger partial charge on any atom is -0.352 e. The van der Waals surface area contributed by atoms with E-state index in [0.717, 1.165) is 29.7 Å². The molecule has 1 aliphatic heterocycles. The first-order valence-electron chi connectivity index (χ1n) is 8.19. The van der Waals surface area contributed by atoms with Crippen molar-refractivity contribution in [2.75, 3.05) is 20.1 Å². The summed E-state index contributed by atoms with van der Waals surface area (Å²) in [4.78, 5) is 12.5. The van der Waals surface area contributed by atoms with Crippen LogP contribution in [0, 0.1) is 5.92 Å². The first kappa shape index (κ1) is 19.5. The Morgan fingerprint density at radius 1 is 1.46 bits per heavy atom. The fourth-order valence-corrected chi connectivity index (χ4v) is 3.74. The van der Waals surface area contributed by atoms with Crippen LogP contribution in [0.2, 0.25) is 0 Å². The fraction of sp³-hybridized carbons (Fsp3) is 0.625. The van der Waals surface area contributed by atoms with Gasteiger partial charge in [-0.05, 0) is 19.8 Å². The predicted octanol–water partition coefficient (Wildman–Crippen LogP) is 2.41. The summed E-state index contributed by atoms with van der Waals surface area (Å²) in [6.07, 6.45) is 4.09. The first-order chi connectivity index (χ1) is 11.1. The molecule has 2 atom stereocenters. The molecule has 1 saturated heterocycles. The van der Waals surface area contributed by atoms with Gasteiger partial charge in [0.15, 0.2) is 10.9 Å². The van der Waals surface area contributed by atoms with Crippen LogP contribution < -0.4 is 10.6 Å². The SMILES string of the molecule is CN=C(NCc1cn2ccsc2n1)NC1CN(C(C)C)CC1C.I. The molecular weight excluding hydrogens is 435 g/mol. The molecule has 0 saturated carbocycles. The van der Waals surface area contributed by atoms with E-state index in [1.807, 2.05) is 18.6 Å². The van der Waals surface area contributed by atoms with Crippen molar-refractivity contribution in [1.82, 2.24) is 24.9 Å². The maximum absolute atomic E-state index is 4.59. The number of halogens is 1. The Morgan fingerprint density at radius 3 is 2.88 bits per heavy atom. The van der Waals surface area contributed by atoms with E-state index in [2.05, 4.69) is 56.9 Å². The van der Waals surface area contributed by atoms with Crippen molar-refractivity contribution in [3.8, 4) is 0 Å². The summed E-state index contributed by atoms with van der Waals surface area (Å²) >= 11 is 1.65. The van der Waals surface area contributed by atoms with Gasteiger partial charge < -0.3 is 10.6 Å². The van der Waals surface area contributed by atoms with Gasteiger partial charge in [-0.3, -0.25) is 14.3 Å². The summed E-state index contributed by atoms with van der Waals surface area (Å²) in [6, 6.07) is 1.03. The lowest BCUT2D eigenvalue weighted by Crippen LogP contribution is -2.46. The highest BCUT2D eigenvalue weighted by molar-refractivity contribution is 14.0. The van der Waals surface area contributed by atoms with E-state index in [9.17, 15) is 0 Å². The van der Waals surface area contributed by atoms with Crippen molar-refractivity contribution < 1.29 is 0 Å². The van der Waals surface area contributed by atoms with Gasteiger partial charge in [-0.15, -0.1) is 35.3 Å². The standard InChI is InChI=1S/C16H26N6S.HI/c1-11(2)22-8-12(3)14(10-22)20-15(17-4)18-7-13-9-21-5-6-23-16(21)19-13;/h5-6,9,11-12,14H,7-8,10H2,1-4H3,(H2,17,18,20);1H. The van der Waals surface area contributed by atoms with Gasteiger partial charge in [0, 0.05) is 50.0 Å². The third-order valence-corrected chi connectivity index (χ3v) is 5.27. The van der Waals surface area contributed by atoms with Crippen LogP contribution >= 0.6 is 35.3 Å². The van der Waals surface area contributed by atoms with Crippen molar-refractivity contribution in [1.29, 1.82) is 0 Å². The quantitative estimate of drug-likeness (QED) is 0.417. The first-order valence-corrected chi connectivity index (χ1v) is 9.07. The summed E-state index contributed by atoms with van der Waals surface area (Å²) in [5.41, 5.74) is 1.03. The third kappa shape index (κ3) is 4.40. The van der Waals surface area contributed by atoms with Crippen molar-refractivity contribution in [2.24, 2.45) is 10.9 Å². The molecule has 0 radical (unpaired) electrons. The number of hydrogen-bond donors (Lipinski definition) is 2. The number of nitrogens with one attached hydrogen (secondary N) is 2. The molecule has 8 heteroatoms. The Balaban J connectivity index is 0.00000208. The van der Waals surface area contributed by atoms with Crippen molar-refractivity contribution in [2.45, 2.75) is 39.4 Å². The van der Waals surface area contributed by atoms with E-state index >= 15 is 0 Å². The molecule has 134 valence electrons. The van der Waals surface area contributed by atoms with Gasteiger partial charge in [-0.25, -0.2) is 4.98 Å². The van der Waals surface area contributed by atoms with Crippen LogP contribution in [0.3, 0.4) is 0 Å². The Morgan fingerprint density at radius 2 is 2.25 bits per heavy atom. The van der Waals surface area contributed by atoms with E-state index in [1.165, 1.54) is 0 Å². The molecule has 3 rings (SSSR count). The maximum Gasteiger partial charge on any atom is 0.193 e. The van der Waals surface area contributed by atoms with Crippen LogP contribution in [-0.4, -0.2) is 52.5 Å². The van der Waals surface area contributed by atoms with Gasteiger partial charge in [0.2, 0.25) is 0 Å². The number of imidazole rings is 1. The number of likely N-dealkylation sites (tertiary alicyclic amines) is 1. The Labute approximate surface area is 164 Å². The second-order valence-corrected chi connectivity index (χ2v) is 7.40. The lowest BCUT2D eigenvalue weighted by Gasteiger charge is -2.21. The number of nitrogens with zero attached hydrogens (tertiary/aromatic N) is 4. The van der Waals surface area contributed by atoms with Crippen molar-refractivity contribution in [3.05, 3.63) is 23.5 Å². The minimum atomic E-state index is 0. The van der Waals surface area contributed by atoms with Crippen LogP contribution in [0.5, 0.6) is 0 Å². The van der Waals surface area contributed by atoms with Gasteiger partial charge in [0.1, 0.15) is 0 Å². The van der Waals surface area contributed by atoms with E-state index < -0.39 is 0 Å². The van der Waals surface area contributed by atoms with Gasteiger partial charge in [-0.2, -0.15) is 0 Å². The van der Waals surface area contributed by atoms with Gasteiger partial charge in [0.05, 0.1) is 12.2 Å². The fourth-order valence-electron chi connectivity index (χ4n) is 3.02. The van der Waals surface area contributed by atoms with Crippen LogP contribution in [-0.2, 0) is 6.54 Å². The lowest BCUT2D eigenvalue weighted by atomic mass is 10.1. The number of rotatable bonds is 4. The van der Waals surface area contributed by atoms with Crippen LogP contribution in [0.25, 0.3) is 4.96 Å². The van der Waals surface area contributed by atoms with Crippen LogP contribution in [0.15, 0.2) is 22.8 Å². The topological polar surface area (TPSA) is 57.0 Å². The molecule has 24 heavy (non-hydrogen) atoms. The number of aromatic nitrogens is 2. The zero-order valence-electron chi connectivity index (χ0n) is 14.7. The minimum absolute atomic E-state index is 0. The third-order valence-electron chi connectivity index (χ3n) is 4.50. The van der Waals surface area contributed by atoms with E-state index in [-0.39, 0.29) is 24.0 Å². The molecular formula is C16H27IN6S. The highest BCUT2D eigenvalue weighted by atomic mass is 127. The molecule has 0 aromatic carbocycles. The number of thiazole rings is 1. The Kier molecular flexibility index (Phi) is 6.88. The average Bonchev–Trinajstić information content (AvgIpc) is 3.18. The van der Waals surface area contributed by atoms with Gasteiger partial charge in [0.25, 0.3) is 0 Å². The molecule has 0 amide bonds. The van der Waals surface area contributed by atoms with Gasteiger partial charge >= 0.3 is 0 Å². The van der Waals surface area contributed by atoms with E-state index in [4.69, 9.17) is 0 Å². The molecule has 2 N–H and O–H groups in total. The molecule has 2 aromatic heterocycles. The predicted molar refractivity (Wildman–Crippen MR) is 111 cm³/mol. The zero-order valence-corrected chi connectivity index (χ0v) is 17.8. The smallest absolute Gasteiger partial charge is 0.193 e. The summed E-state index contributed by atoms with van der Waals surface area (Å²) in [5.74, 6) is 1.47. The van der Waals surface area contributed by atoms with Crippen molar-refractivity contribution in [3.63, 3.8) is 0 Å². The molecule has 2 unspecified atom stereocenters. The molecule has 1 fully saturated rings. The number of aliphatic imine (C=N–C) groups is 1. The normalized spacial score (nSPS) is 22.1. The second kappa shape index (κ2) is 8.48. The molecule has 3 heterocycles. The number of guanidine groups is 1. The summed E-state index contributed by atoms with van der Waals surface area (Å²) in [6.45, 7) is 9.71. The summed E-state index contributed by atoms with van der Waals surface area (Å²) < 4.78 is 2.05. The number of hydrogen-bond acceptors (Lipinski definition) is 4. The molecule has 0 bridgehead atoms. The zero-order chi connectivity index (χ0) is 16.4. The highest BCUT2D eigenvalue weighted by Crippen LogP contribution is 2.18. The number of fused-ring (bicyclic) bond motifs is 1. The lowest BCUT2D eigenvalue weighted by molar-refractivity contribution is 0.265. The van der Waals surface area contributed by atoms with Crippen LogP contribution in [0.4, 0.5) is 0 Å².